The molecule has 9 heteroatoms. The molecule has 0 fully saturated rings. The summed E-state index contributed by atoms with van der Waals surface area (Å²) in [5, 5.41) is 8.26. The average molecular weight is 299 g/mol. The molecule has 0 atom stereocenters. The maximum Gasteiger partial charge on any atom is 0.252 e. The first-order valence-corrected chi connectivity index (χ1v) is 7.10. The van der Waals surface area contributed by atoms with Gasteiger partial charge in [-0.2, -0.15) is 9.97 Å². The van der Waals surface area contributed by atoms with Crippen LogP contribution in [0.1, 0.15) is 22.4 Å². The Morgan fingerprint density at radius 1 is 1.19 bits per heavy atom. The summed E-state index contributed by atoms with van der Waals surface area (Å²) in [6.45, 7) is 0. The Bertz CT molecular complexity index is 834. The summed E-state index contributed by atoms with van der Waals surface area (Å²) in [6, 6.07) is 1.80. The summed E-state index contributed by atoms with van der Waals surface area (Å²) in [7, 11) is 0. The van der Waals surface area contributed by atoms with Crippen LogP contribution in [0.4, 0.5) is 0 Å². The molecule has 0 unspecified atom stereocenters. The molecule has 0 amide bonds. The molecule has 0 aliphatic heterocycles. The Kier molecular flexibility index (Phi) is 2.89. The van der Waals surface area contributed by atoms with E-state index >= 15 is 0 Å². The second kappa shape index (κ2) is 5.02. The van der Waals surface area contributed by atoms with Gasteiger partial charge in [-0.3, -0.25) is 4.98 Å². The first-order chi connectivity index (χ1) is 10.4. The average Bonchev–Trinajstić information content (AvgIpc) is 3.20. The Morgan fingerprint density at radius 3 is 3.05 bits per heavy atom. The minimum Gasteiger partial charge on any atom is -0.339 e. The first-order valence-electron chi connectivity index (χ1n) is 6.22. The summed E-state index contributed by atoms with van der Waals surface area (Å²) in [5.41, 5.74) is 1.78. The second-order valence-electron chi connectivity index (χ2n) is 4.32. The maximum absolute atomic E-state index is 5.23. The molecule has 0 bridgehead atoms. The molecular weight excluding hydrogens is 290 g/mol. The van der Waals surface area contributed by atoms with Crippen LogP contribution in [0, 0.1) is 0 Å². The maximum atomic E-state index is 5.23. The van der Waals surface area contributed by atoms with Crippen LogP contribution in [0.25, 0.3) is 5.78 Å². The molecule has 0 saturated carbocycles. The quantitative estimate of drug-likeness (QED) is 0.557. The normalized spacial score (nSPS) is 11.2. The number of rotatable bonds is 4. The van der Waals surface area contributed by atoms with Gasteiger partial charge in [-0.15, -0.1) is 16.4 Å². The molecule has 21 heavy (non-hydrogen) atoms. The molecule has 8 nitrogen and oxygen atoms in total. The van der Waals surface area contributed by atoms with Crippen LogP contribution < -0.4 is 0 Å². The summed E-state index contributed by atoms with van der Waals surface area (Å²) in [5.74, 6) is 2.28. The number of fused-ring (bicyclic) bond motifs is 1. The van der Waals surface area contributed by atoms with Gasteiger partial charge in [0.25, 0.3) is 5.78 Å². The highest BCUT2D eigenvalue weighted by atomic mass is 32.1. The van der Waals surface area contributed by atoms with E-state index < -0.39 is 0 Å². The third kappa shape index (κ3) is 2.50. The van der Waals surface area contributed by atoms with E-state index in [1.165, 1.54) is 0 Å². The van der Waals surface area contributed by atoms with Gasteiger partial charge >= 0.3 is 0 Å². The van der Waals surface area contributed by atoms with E-state index in [0.29, 0.717) is 36.2 Å². The molecule has 4 aromatic heterocycles. The van der Waals surface area contributed by atoms with Crippen molar-refractivity contribution >= 4 is 17.1 Å². The summed E-state index contributed by atoms with van der Waals surface area (Å²) in [4.78, 5) is 17.9. The highest BCUT2D eigenvalue weighted by Crippen LogP contribution is 2.12. The van der Waals surface area contributed by atoms with Crippen LogP contribution in [-0.4, -0.2) is 34.7 Å². The van der Waals surface area contributed by atoms with E-state index in [-0.39, 0.29) is 0 Å². The predicted octanol–water partition coefficient (Wildman–Crippen LogP) is 1.15. The highest BCUT2D eigenvalue weighted by Gasteiger charge is 2.12. The largest absolute Gasteiger partial charge is 0.339 e. The fraction of sp³-hybridized carbons (Fsp3) is 0.167. The van der Waals surface area contributed by atoms with Crippen molar-refractivity contribution in [2.75, 3.05) is 0 Å². The summed E-state index contributed by atoms with van der Waals surface area (Å²) in [6.07, 6.45) is 6.28. The standard InChI is InChI=1S/C12H9N7OS/c1-2-14-12-16-9(17-19(12)3-1)5-11-15-10(18-20-11)4-8-6-13-7-21-8/h1-3,6-7H,4-5H2. The van der Waals surface area contributed by atoms with Crippen molar-refractivity contribution in [3.63, 3.8) is 0 Å². The van der Waals surface area contributed by atoms with Gasteiger partial charge in [0.05, 0.1) is 11.9 Å². The van der Waals surface area contributed by atoms with E-state index in [9.17, 15) is 0 Å². The van der Waals surface area contributed by atoms with Crippen LogP contribution in [0.2, 0.25) is 0 Å². The van der Waals surface area contributed by atoms with Crippen LogP contribution in [-0.2, 0) is 12.8 Å². The third-order valence-electron chi connectivity index (χ3n) is 2.80. The zero-order valence-corrected chi connectivity index (χ0v) is 11.6. The Morgan fingerprint density at radius 2 is 2.19 bits per heavy atom. The lowest BCUT2D eigenvalue weighted by Gasteiger charge is -1.87. The van der Waals surface area contributed by atoms with Crippen molar-refractivity contribution in [1.82, 2.24) is 34.7 Å². The van der Waals surface area contributed by atoms with Crippen LogP contribution in [0.3, 0.4) is 0 Å². The van der Waals surface area contributed by atoms with Gasteiger partial charge in [-0.25, -0.2) is 9.50 Å². The lowest BCUT2D eigenvalue weighted by Crippen LogP contribution is -1.93. The van der Waals surface area contributed by atoms with Crippen molar-refractivity contribution in [1.29, 1.82) is 0 Å². The fourth-order valence-corrected chi connectivity index (χ4v) is 2.50. The SMILES string of the molecule is c1cnc2nc(Cc3nc(Cc4cncs4)no3)nn2c1. The van der Waals surface area contributed by atoms with Crippen LogP contribution >= 0.6 is 11.3 Å². The smallest absolute Gasteiger partial charge is 0.252 e. The zero-order valence-electron chi connectivity index (χ0n) is 10.7. The van der Waals surface area contributed by atoms with Gasteiger partial charge in [-0.05, 0) is 6.07 Å². The van der Waals surface area contributed by atoms with E-state index in [1.807, 2.05) is 0 Å². The topological polar surface area (TPSA) is 94.9 Å². The molecule has 0 aliphatic carbocycles. The number of nitrogens with zero attached hydrogens (tertiary/aromatic N) is 7. The van der Waals surface area contributed by atoms with Crippen molar-refractivity contribution in [2.45, 2.75) is 12.8 Å². The Labute approximate surface area is 122 Å². The van der Waals surface area contributed by atoms with Crippen molar-refractivity contribution in [3.8, 4) is 0 Å². The Hall–Kier alpha value is -2.68. The third-order valence-corrected chi connectivity index (χ3v) is 3.58. The zero-order chi connectivity index (χ0) is 14.1. The van der Waals surface area contributed by atoms with Gasteiger partial charge in [0.2, 0.25) is 5.89 Å². The van der Waals surface area contributed by atoms with Crippen molar-refractivity contribution in [3.05, 3.63) is 52.6 Å². The van der Waals surface area contributed by atoms with E-state index in [4.69, 9.17) is 4.52 Å². The number of hydrogen-bond acceptors (Lipinski definition) is 8. The van der Waals surface area contributed by atoms with Crippen LogP contribution in [0.15, 0.2) is 34.7 Å². The van der Waals surface area contributed by atoms with E-state index in [2.05, 4.69) is 30.2 Å². The van der Waals surface area contributed by atoms with E-state index in [0.717, 1.165) is 4.88 Å². The molecule has 0 aromatic carbocycles. The number of aromatic nitrogens is 7. The van der Waals surface area contributed by atoms with Gasteiger partial charge < -0.3 is 4.52 Å². The van der Waals surface area contributed by atoms with E-state index in [1.54, 1.807) is 46.0 Å². The molecule has 4 rings (SSSR count). The number of thiazole rings is 1. The van der Waals surface area contributed by atoms with Crippen molar-refractivity contribution < 1.29 is 4.52 Å². The molecule has 0 N–H and O–H groups in total. The molecule has 0 spiro atoms. The summed E-state index contributed by atoms with van der Waals surface area (Å²) < 4.78 is 6.84. The van der Waals surface area contributed by atoms with Crippen molar-refractivity contribution in [2.24, 2.45) is 0 Å². The minimum absolute atomic E-state index is 0.388. The first kappa shape index (κ1) is 12.1. The monoisotopic (exact) mass is 299 g/mol. The molecule has 0 aliphatic rings. The summed E-state index contributed by atoms with van der Waals surface area (Å²) >= 11 is 1.56. The van der Waals surface area contributed by atoms with Crippen LogP contribution in [0.5, 0.6) is 0 Å². The minimum atomic E-state index is 0.388. The molecule has 4 heterocycles. The van der Waals surface area contributed by atoms with Gasteiger partial charge in [0, 0.05) is 29.9 Å². The lowest BCUT2D eigenvalue weighted by atomic mass is 10.3. The van der Waals surface area contributed by atoms with Gasteiger partial charge in [0.1, 0.15) is 0 Å². The molecule has 0 saturated heterocycles. The molecular formula is C12H9N7OS. The fourth-order valence-electron chi connectivity index (χ4n) is 1.90. The lowest BCUT2D eigenvalue weighted by molar-refractivity contribution is 0.378. The number of hydrogen-bond donors (Lipinski definition) is 0. The Balaban J connectivity index is 1.53. The predicted molar refractivity (Wildman–Crippen MR) is 72.8 cm³/mol. The van der Waals surface area contributed by atoms with Gasteiger partial charge in [0.15, 0.2) is 11.6 Å². The van der Waals surface area contributed by atoms with Gasteiger partial charge in [-0.1, -0.05) is 5.16 Å². The molecule has 104 valence electrons. The second-order valence-corrected chi connectivity index (χ2v) is 5.29. The molecule has 0 radical (unpaired) electrons. The molecule has 4 aromatic rings. The highest BCUT2D eigenvalue weighted by molar-refractivity contribution is 7.09.